The van der Waals surface area contributed by atoms with Crippen LogP contribution in [0, 0.1) is 5.92 Å². The number of nitrogens with one attached hydrogen (secondary N) is 1. The van der Waals surface area contributed by atoms with E-state index in [0.29, 0.717) is 5.92 Å². The molecule has 0 atom stereocenters. The van der Waals surface area contributed by atoms with Gasteiger partial charge in [-0.05, 0) is 49.4 Å². The molecular formula is C15H23N3O2S. The number of nitrogens with zero attached hydrogens (tertiary/aromatic N) is 1. The van der Waals surface area contributed by atoms with Crippen molar-refractivity contribution in [1.29, 1.82) is 0 Å². The number of piperidine rings is 1. The molecule has 116 valence electrons. The molecule has 0 aromatic heterocycles. The van der Waals surface area contributed by atoms with E-state index in [4.69, 9.17) is 9.88 Å². The lowest BCUT2D eigenvalue weighted by Crippen LogP contribution is -2.38. The predicted octanol–water partition coefficient (Wildman–Crippen LogP) is 2.05. The molecule has 1 aliphatic heterocycles. The summed E-state index contributed by atoms with van der Waals surface area (Å²) in [6, 6.07) is 7.32. The van der Waals surface area contributed by atoms with Crippen LogP contribution >= 0.6 is 12.1 Å². The smallest absolute Gasteiger partial charge is 0.253 e. The second-order valence-corrected chi connectivity index (χ2v) is 5.79. The number of hydrogen-bond acceptors (Lipinski definition) is 5. The fraction of sp³-hybridized carbons (Fsp3) is 0.533. The van der Waals surface area contributed by atoms with Crippen LogP contribution in [0.5, 0.6) is 5.75 Å². The molecule has 1 aromatic rings. The van der Waals surface area contributed by atoms with E-state index >= 15 is 0 Å². The number of carbonyl (C=O) groups excluding carboxylic acids is 1. The molecule has 1 saturated heterocycles. The summed E-state index contributed by atoms with van der Waals surface area (Å²) in [6.07, 6.45) is 3.26. The highest BCUT2D eigenvalue weighted by Gasteiger charge is 2.23. The number of hydrogen-bond donors (Lipinski definition) is 2. The molecule has 0 unspecified atom stereocenters. The Morgan fingerprint density at radius 2 is 2.05 bits per heavy atom. The number of amides is 1. The van der Waals surface area contributed by atoms with Gasteiger partial charge in [0.2, 0.25) is 0 Å². The van der Waals surface area contributed by atoms with Crippen molar-refractivity contribution in [3.63, 3.8) is 0 Å². The van der Waals surface area contributed by atoms with Crippen molar-refractivity contribution in [3.05, 3.63) is 29.8 Å². The van der Waals surface area contributed by atoms with E-state index in [2.05, 4.69) is 4.72 Å². The molecule has 5 nitrogen and oxygen atoms in total. The van der Waals surface area contributed by atoms with Gasteiger partial charge in [-0.1, -0.05) is 0 Å². The summed E-state index contributed by atoms with van der Waals surface area (Å²) in [7, 11) is 1.62. The van der Waals surface area contributed by atoms with Crippen molar-refractivity contribution < 1.29 is 9.53 Å². The van der Waals surface area contributed by atoms with Gasteiger partial charge in [-0.25, -0.2) is 0 Å². The quantitative estimate of drug-likeness (QED) is 0.622. The largest absolute Gasteiger partial charge is 0.497 e. The van der Waals surface area contributed by atoms with Crippen molar-refractivity contribution in [3.8, 4) is 5.75 Å². The summed E-state index contributed by atoms with van der Waals surface area (Å²) in [5.74, 6) is 1.58. The number of likely N-dealkylation sites (tertiary alicyclic amines) is 1. The summed E-state index contributed by atoms with van der Waals surface area (Å²) in [6.45, 7) is 2.61. The maximum atomic E-state index is 12.4. The molecule has 1 amide bonds. The maximum absolute atomic E-state index is 12.4. The second-order valence-electron chi connectivity index (χ2n) is 5.26. The molecular weight excluding hydrogens is 286 g/mol. The van der Waals surface area contributed by atoms with Crippen LogP contribution in [0.2, 0.25) is 0 Å². The minimum Gasteiger partial charge on any atom is -0.497 e. The number of carbonyl (C=O) groups is 1. The fourth-order valence-electron chi connectivity index (χ4n) is 2.66. The summed E-state index contributed by atoms with van der Waals surface area (Å²) < 4.78 is 8.18. The van der Waals surface area contributed by atoms with E-state index in [0.717, 1.165) is 50.2 Å². The van der Waals surface area contributed by atoms with Crippen LogP contribution < -0.4 is 14.6 Å². The van der Waals surface area contributed by atoms with E-state index in [1.54, 1.807) is 7.11 Å². The number of methoxy groups -OCH3 is 1. The highest BCUT2D eigenvalue weighted by Crippen LogP contribution is 2.22. The zero-order valence-electron chi connectivity index (χ0n) is 12.4. The van der Waals surface area contributed by atoms with Crippen LogP contribution in [0.25, 0.3) is 0 Å². The Kier molecular flexibility index (Phi) is 6.35. The molecule has 21 heavy (non-hydrogen) atoms. The minimum atomic E-state index is 0.117. The first-order valence-corrected chi connectivity index (χ1v) is 8.14. The Bertz CT molecular complexity index is 445. The van der Waals surface area contributed by atoms with Crippen LogP contribution in [0.15, 0.2) is 24.3 Å². The topological polar surface area (TPSA) is 67.6 Å². The number of benzene rings is 1. The lowest BCUT2D eigenvalue weighted by molar-refractivity contribution is 0.0687. The third kappa shape index (κ3) is 4.62. The van der Waals surface area contributed by atoms with Crippen LogP contribution in [0.1, 0.15) is 29.6 Å². The first kappa shape index (κ1) is 16.1. The van der Waals surface area contributed by atoms with Gasteiger partial charge in [0.15, 0.2) is 0 Å². The third-order valence-corrected chi connectivity index (χ3v) is 4.35. The Morgan fingerprint density at radius 3 is 2.62 bits per heavy atom. The molecule has 6 heteroatoms. The standard InChI is InChI=1S/C15H23N3O2S/c1-20-14-4-2-13(3-5-14)15(19)18-10-7-12(8-11-18)6-9-17-21-16/h2-5,12,17H,6-11,16H2,1H3. The molecule has 3 N–H and O–H groups in total. The predicted molar refractivity (Wildman–Crippen MR) is 86.0 cm³/mol. The molecule has 1 heterocycles. The van der Waals surface area contributed by atoms with Gasteiger partial charge in [0.25, 0.3) is 5.91 Å². The van der Waals surface area contributed by atoms with E-state index < -0.39 is 0 Å². The maximum Gasteiger partial charge on any atom is 0.253 e. The van der Waals surface area contributed by atoms with E-state index in [1.807, 2.05) is 29.2 Å². The van der Waals surface area contributed by atoms with Crippen molar-refractivity contribution in [1.82, 2.24) is 9.62 Å². The van der Waals surface area contributed by atoms with Gasteiger partial charge in [-0.3, -0.25) is 14.7 Å². The Balaban J connectivity index is 1.82. The van der Waals surface area contributed by atoms with Gasteiger partial charge in [0, 0.05) is 37.3 Å². The summed E-state index contributed by atoms with van der Waals surface area (Å²) in [5, 5.41) is 5.33. The summed E-state index contributed by atoms with van der Waals surface area (Å²) in [4.78, 5) is 14.4. The van der Waals surface area contributed by atoms with Crippen LogP contribution in [0.4, 0.5) is 0 Å². The highest BCUT2D eigenvalue weighted by atomic mass is 32.2. The van der Waals surface area contributed by atoms with Gasteiger partial charge >= 0.3 is 0 Å². The van der Waals surface area contributed by atoms with Crippen molar-refractivity contribution in [2.24, 2.45) is 11.1 Å². The number of ether oxygens (including phenoxy) is 1. The van der Waals surface area contributed by atoms with E-state index in [1.165, 1.54) is 12.1 Å². The lowest BCUT2D eigenvalue weighted by atomic mass is 9.93. The van der Waals surface area contributed by atoms with Crippen molar-refractivity contribution >= 4 is 18.0 Å². The highest BCUT2D eigenvalue weighted by molar-refractivity contribution is 7.95. The van der Waals surface area contributed by atoms with E-state index in [-0.39, 0.29) is 5.91 Å². The molecule has 1 aliphatic rings. The third-order valence-electron chi connectivity index (χ3n) is 3.98. The van der Waals surface area contributed by atoms with Gasteiger partial charge in [-0.15, -0.1) is 0 Å². The van der Waals surface area contributed by atoms with Crippen LogP contribution in [0.3, 0.4) is 0 Å². The first-order chi connectivity index (χ1) is 10.2. The molecule has 0 bridgehead atoms. The summed E-state index contributed by atoms with van der Waals surface area (Å²) in [5.41, 5.74) is 0.732. The van der Waals surface area contributed by atoms with Gasteiger partial charge in [-0.2, -0.15) is 0 Å². The molecule has 2 rings (SSSR count). The number of nitrogens with two attached hydrogens (primary N) is 1. The molecule has 0 spiro atoms. The second kappa shape index (κ2) is 8.26. The molecule has 0 saturated carbocycles. The Morgan fingerprint density at radius 1 is 1.38 bits per heavy atom. The molecule has 0 radical (unpaired) electrons. The van der Waals surface area contributed by atoms with Gasteiger partial charge < -0.3 is 9.64 Å². The van der Waals surface area contributed by atoms with Crippen LogP contribution in [-0.4, -0.2) is 37.6 Å². The van der Waals surface area contributed by atoms with Crippen molar-refractivity contribution in [2.75, 3.05) is 26.7 Å². The SMILES string of the molecule is COc1ccc(C(=O)N2CCC(CCNSN)CC2)cc1. The minimum absolute atomic E-state index is 0.117. The lowest BCUT2D eigenvalue weighted by Gasteiger charge is -2.32. The number of rotatable bonds is 6. The average molecular weight is 309 g/mol. The monoisotopic (exact) mass is 309 g/mol. The Hall–Kier alpha value is -1.24. The van der Waals surface area contributed by atoms with Crippen LogP contribution in [-0.2, 0) is 0 Å². The molecule has 1 aromatic carbocycles. The normalized spacial score (nSPS) is 16.0. The Labute approximate surface area is 130 Å². The van der Waals surface area contributed by atoms with E-state index in [9.17, 15) is 4.79 Å². The molecule has 1 fully saturated rings. The zero-order valence-corrected chi connectivity index (χ0v) is 13.2. The molecule has 0 aliphatic carbocycles. The first-order valence-electron chi connectivity index (χ1n) is 7.26. The zero-order chi connectivity index (χ0) is 15.1. The summed E-state index contributed by atoms with van der Waals surface area (Å²) >= 11 is 1.17. The van der Waals surface area contributed by atoms with Crippen molar-refractivity contribution in [2.45, 2.75) is 19.3 Å². The average Bonchev–Trinajstić information content (AvgIpc) is 2.55. The van der Waals surface area contributed by atoms with Gasteiger partial charge in [0.05, 0.1) is 7.11 Å². The fourth-order valence-corrected chi connectivity index (χ4v) is 2.90. The van der Waals surface area contributed by atoms with Gasteiger partial charge in [0.1, 0.15) is 5.75 Å².